The predicted molar refractivity (Wildman–Crippen MR) is 87.6 cm³/mol. The summed E-state index contributed by atoms with van der Waals surface area (Å²) in [6.07, 6.45) is 4.32. The second-order valence-corrected chi connectivity index (χ2v) is 6.70. The molecule has 0 radical (unpaired) electrons. The SMILES string of the molecule is CCNC(=O)NC(=O)COC(=O)c1cc2c(s1)CCC(CC)C2. The molecule has 1 aromatic heterocycles. The molecule has 2 rings (SSSR count). The highest BCUT2D eigenvalue weighted by atomic mass is 32.1. The van der Waals surface area contributed by atoms with Gasteiger partial charge in [-0.3, -0.25) is 10.1 Å². The number of nitrogens with one attached hydrogen (secondary N) is 2. The van der Waals surface area contributed by atoms with Crippen LogP contribution in [-0.2, 0) is 22.4 Å². The monoisotopic (exact) mass is 338 g/mol. The van der Waals surface area contributed by atoms with Gasteiger partial charge in [-0.05, 0) is 43.7 Å². The van der Waals surface area contributed by atoms with Crippen LogP contribution < -0.4 is 10.6 Å². The lowest BCUT2D eigenvalue weighted by Crippen LogP contribution is -2.41. The third-order valence-electron chi connectivity index (χ3n) is 3.89. The van der Waals surface area contributed by atoms with Crippen molar-refractivity contribution >= 4 is 29.2 Å². The Bertz CT molecular complexity index is 597. The van der Waals surface area contributed by atoms with Crippen LogP contribution in [0.25, 0.3) is 0 Å². The lowest BCUT2D eigenvalue weighted by molar-refractivity contribution is -0.123. The lowest BCUT2D eigenvalue weighted by Gasteiger charge is -2.19. The van der Waals surface area contributed by atoms with Crippen molar-refractivity contribution in [3.63, 3.8) is 0 Å². The number of aryl methyl sites for hydroxylation is 1. The molecule has 0 spiro atoms. The number of hydrogen-bond donors (Lipinski definition) is 2. The van der Waals surface area contributed by atoms with Crippen molar-refractivity contribution in [1.82, 2.24) is 10.6 Å². The highest BCUT2D eigenvalue weighted by Crippen LogP contribution is 2.33. The fourth-order valence-corrected chi connectivity index (χ4v) is 3.72. The molecule has 3 amide bonds. The summed E-state index contributed by atoms with van der Waals surface area (Å²) < 4.78 is 4.98. The molecule has 0 fully saturated rings. The van der Waals surface area contributed by atoms with Crippen molar-refractivity contribution in [1.29, 1.82) is 0 Å². The molecule has 0 saturated carbocycles. The van der Waals surface area contributed by atoms with Crippen LogP contribution in [-0.4, -0.2) is 31.1 Å². The molecule has 1 aliphatic rings. The fourth-order valence-electron chi connectivity index (χ4n) is 2.62. The highest BCUT2D eigenvalue weighted by Gasteiger charge is 2.23. The summed E-state index contributed by atoms with van der Waals surface area (Å²) >= 11 is 1.44. The van der Waals surface area contributed by atoms with E-state index in [0.717, 1.165) is 25.7 Å². The molecule has 1 atom stereocenters. The van der Waals surface area contributed by atoms with Crippen molar-refractivity contribution < 1.29 is 19.1 Å². The average molecular weight is 338 g/mol. The van der Waals surface area contributed by atoms with Gasteiger partial charge in [-0.2, -0.15) is 0 Å². The summed E-state index contributed by atoms with van der Waals surface area (Å²) in [5, 5.41) is 4.52. The van der Waals surface area contributed by atoms with E-state index in [1.807, 2.05) is 6.07 Å². The van der Waals surface area contributed by atoms with Crippen LogP contribution in [0.3, 0.4) is 0 Å². The molecule has 126 valence electrons. The standard InChI is InChI=1S/C16H22N2O4S/c1-3-10-5-6-12-11(7-10)8-13(23-12)15(20)22-9-14(19)18-16(21)17-4-2/h8,10H,3-7,9H2,1-2H3,(H2,17,18,19,21). The van der Waals surface area contributed by atoms with E-state index in [2.05, 4.69) is 17.6 Å². The number of imide groups is 1. The number of hydrogen-bond acceptors (Lipinski definition) is 5. The normalized spacial score (nSPS) is 16.3. The van der Waals surface area contributed by atoms with Gasteiger partial charge < -0.3 is 10.1 Å². The van der Waals surface area contributed by atoms with E-state index in [4.69, 9.17) is 4.74 Å². The van der Waals surface area contributed by atoms with E-state index in [0.29, 0.717) is 17.3 Å². The first kappa shape index (κ1) is 17.5. The summed E-state index contributed by atoms with van der Waals surface area (Å²) in [7, 11) is 0. The Morgan fingerprint density at radius 1 is 1.35 bits per heavy atom. The van der Waals surface area contributed by atoms with Crippen molar-refractivity contribution in [2.45, 2.75) is 39.5 Å². The van der Waals surface area contributed by atoms with Crippen LogP contribution in [0.2, 0.25) is 0 Å². The largest absolute Gasteiger partial charge is 0.451 e. The van der Waals surface area contributed by atoms with Crippen molar-refractivity contribution in [2.24, 2.45) is 5.92 Å². The molecule has 1 unspecified atom stereocenters. The number of fused-ring (bicyclic) bond motifs is 1. The zero-order valence-corrected chi connectivity index (χ0v) is 14.3. The Kier molecular flexibility index (Phi) is 6.15. The van der Waals surface area contributed by atoms with Crippen molar-refractivity contribution in [3.05, 3.63) is 21.4 Å². The minimum absolute atomic E-state index is 0.415. The van der Waals surface area contributed by atoms with Gasteiger partial charge in [0.1, 0.15) is 4.88 Å². The summed E-state index contributed by atoms with van der Waals surface area (Å²) in [6, 6.07) is 1.29. The summed E-state index contributed by atoms with van der Waals surface area (Å²) in [5.41, 5.74) is 1.23. The molecule has 0 bridgehead atoms. The van der Waals surface area contributed by atoms with Crippen LogP contribution >= 0.6 is 11.3 Å². The van der Waals surface area contributed by atoms with E-state index in [1.165, 1.54) is 21.8 Å². The number of rotatable bonds is 5. The summed E-state index contributed by atoms with van der Waals surface area (Å²) in [6.45, 7) is 3.88. The van der Waals surface area contributed by atoms with E-state index < -0.39 is 24.5 Å². The van der Waals surface area contributed by atoms with Gasteiger partial charge in [0.15, 0.2) is 6.61 Å². The first-order valence-electron chi connectivity index (χ1n) is 7.89. The zero-order valence-electron chi connectivity index (χ0n) is 13.4. The second-order valence-electron chi connectivity index (χ2n) is 5.56. The van der Waals surface area contributed by atoms with Gasteiger partial charge in [-0.25, -0.2) is 9.59 Å². The Balaban J connectivity index is 1.86. The average Bonchev–Trinajstić information content (AvgIpc) is 2.95. The van der Waals surface area contributed by atoms with Gasteiger partial charge in [0.2, 0.25) is 0 Å². The molecule has 7 heteroatoms. The van der Waals surface area contributed by atoms with Crippen molar-refractivity contribution in [3.8, 4) is 0 Å². The van der Waals surface area contributed by atoms with Gasteiger partial charge in [-0.15, -0.1) is 11.3 Å². The molecular weight excluding hydrogens is 316 g/mol. The third kappa shape index (κ3) is 4.79. The number of carbonyl (C=O) groups excluding carboxylic acids is 3. The van der Waals surface area contributed by atoms with Gasteiger partial charge in [0.25, 0.3) is 5.91 Å². The maximum absolute atomic E-state index is 12.0. The van der Waals surface area contributed by atoms with Gasteiger partial charge in [-0.1, -0.05) is 13.3 Å². The summed E-state index contributed by atoms with van der Waals surface area (Å²) in [5.74, 6) is -0.469. The number of thiophene rings is 1. The molecular formula is C16H22N2O4S. The lowest BCUT2D eigenvalue weighted by atomic mass is 9.87. The molecule has 1 aliphatic carbocycles. The van der Waals surface area contributed by atoms with Crippen LogP contribution in [0.5, 0.6) is 0 Å². The Morgan fingerprint density at radius 3 is 2.83 bits per heavy atom. The third-order valence-corrected chi connectivity index (χ3v) is 5.11. The number of urea groups is 1. The molecule has 23 heavy (non-hydrogen) atoms. The fraction of sp³-hybridized carbons (Fsp3) is 0.562. The van der Waals surface area contributed by atoms with Crippen LogP contribution in [0.1, 0.15) is 46.8 Å². The molecule has 1 aromatic rings. The molecule has 0 saturated heterocycles. The van der Waals surface area contributed by atoms with Crippen LogP contribution in [0.15, 0.2) is 6.07 Å². The molecule has 0 aromatic carbocycles. The number of amides is 3. The number of carbonyl (C=O) groups is 3. The number of esters is 1. The minimum Gasteiger partial charge on any atom is -0.451 e. The van der Waals surface area contributed by atoms with Crippen LogP contribution in [0.4, 0.5) is 4.79 Å². The predicted octanol–water partition coefficient (Wildman–Crippen LogP) is 2.27. The van der Waals surface area contributed by atoms with Gasteiger partial charge in [0.05, 0.1) is 0 Å². The quantitative estimate of drug-likeness (QED) is 0.807. The van der Waals surface area contributed by atoms with Crippen molar-refractivity contribution in [2.75, 3.05) is 13.2 Å². The maximum Gasteiger partial charge on any atom is 0.348 e. The van der Waals surface area contributed by atoms with Gasteiger partial charge >= 0.3 is 12.0 Å². The smallest absolute Gasteiger partial charge is 0.348 e. The van der Waals surface area contributed by atoms with Gasteiger partial charge in [0, 0.05) is 11.4 Å². The molecule has 0 aliphatic heterocycles. The van der Waals surface area contributed by atoms with E-state index in [1.54, 1.807) is 6.92 Å². The zero-order chi connectivity index (χ0) is 16.8. The first-order chi connectivity index (χ1) is 11.0. The van der Waals surface area contributed by atoms with E-state index in [-0.39, 0.29) is 0 Å². The number of ether oxygens (including phenoxy) is 1. The molecule has 2 N–H and O–H groups in total. The Morgan fingerprint density at radius 2 is 2.13 bits per heavy atom. The second kappa shape index (κ2) is 8.10. The summed E-state index contributed by atoms with van der Waals surface area (Å²) in [4.78, 5) is 36.5. The van der Waals surface area contributed by atoms with E-state index in [9.17, 15) is 14.4 Å². The Labute approximate surface area is 139 Å². The molecule has 1 heterocycles. The topological polar surface area (TPSA) is 84.5 Å². The maximum atomic E-state index is 12.0. The highest BCUT2D eigenvalue weighted by molar-refractivity contribution is 7.14. The molecule has 6 nitrogen and oxygen atoms in total. The van der Waals surface area contributed by atoms with Crippen LogP contribution in [0, 0.1) is 5.92 Å². The first-order valence-corrected chi connectivity index (χ1v) is 8.71. The van der Waals surface area contributed by atoms with E-state index >= 15 is 0 Å². The minimum atomic E-state index is -0.642. The Hall–Kier alpha value is -1.89.